The van der Waals surface area contributed by atoms with Gasteiger partial charge in [0.05, 0.1) is 29.5 Å². The van der Waals surface area contributed by atoms with Gasteiger partial charge in [0.1, 0.15) is 24.1 Å². The number of carbonyl (C=O) groups is 1. The molecule has 1 aliphatic heterocycles. The Labute approximate surface area is 229 Å². The number of esters is 1. The molecule has 1 aliphatic rings. The van der Waals surface area contributed by atoms with Crippen molar-refractivity contribution >= 4 is 23.4 Å². The van der Waals surface area contributed by atoms with Crippen molar-refractivity contribution in [2.75, 3.05) is 13.7 Å². The van der Waals surface area contributed by atoms with Crippen LogP contribution in [0.2, 0.25) is 0 Å². The van der Waals surface area contributed by atoms with E-state index in [1.165, 1.54) is 11.3 Å². The highest BCUT2D eigenvalue weighted by Gasteiger charge is 2.34. The minimum atomic E-state index is -0.737. The number of hydrogen-bond donors (Lipinski definition) is 0. The summed E-state index contributed by atoms with van der Waals surface area (Å²) in [6.07, 6.45) is 1.82. The van der Waals surface area contributed by atoms with E-state index < -0.39 is 12.0 Å². The molecule has 2 heterocycles. The van der Waals surface area contributed by atoms with Crippen molar-refractivity contribution in [3.05, 3.63) is 127 Å². The molecule has 0 saturated carbocycles. The first-order valence-electron chi connectivity index (χ1n) is 12.6. The van der Waals surface area contributed by atoms with Gasteiger partial charge < -0.3 is 14.2 Å². The van der Waals surface area contributed by atoms with Crippen LogP contribution in [0.25, 0.3) is 6.08 Å². The fourth-order valence-electron chi connectivity index (χ4n) is 4.56. The lowest BCUT2D eigenvalue weighted by molar-refractivity contribution is -0.139. The molecule has 1 aromatic heterocycles. The number of carbonyl (C=O) groups excluding carboxylic acids is 1. The monoisotopic (exact) mass is 540 g/mol. The molecule has 0 fully saturated rings. The molecule has 0 unspecified atom stereocenters. The Kier molecular flexibility index (Phi) is 7.74. The first-order chi connectivity index (χ1) is 19.0. The van der Waals surface area contributed by atoms with E-state index >= 15 is 0 Å². The average Bonchev–Trinajstić information content (AvgIpc) is 3.25. The summed E-state index contributed by atoms with van der Waals surface area (Å²) in [6.45, 7) is 4.17. The van der Waals surface area contributed by atoms with Crippen molar-refractivity contribution in [1.82, 2.24) is 4.57 Å². The van der Waals surface area contributed by atoms with Crippen LogP contribution in [-0.4, -0.2) is 24.3 Å². The summed E-state index contributed by atoms with van der Waals surface area (Å²) in [5.74, 6) is 0.761. The summed E-state index contributed by atoms with van der Waals surface area (Å²) in [5.41, 5.74) is 3.15. The standard InChI is InChI=1S/C31H28N2O5S/c1-4-37-30(35)27-20(2)32-31-33(28(27)24-15-8-9-16-25(24)36-3)29(34)26(39-31)18-22-13-10-14-23(17-22)38-19-21-11-6-5-7-12-21/h5-18,28H,4,19H2,1-3H3/b26-18+/t28-/m0/s1. The Morgan fingerprint density at radius 1 is 1.05 bits per heavy atom. The molecule has 0 bridgehead atoms. The first-order valence-corrected chi connectivity index (χ1v) is 13.4. The summed E-state index contributed by atoms with van der Waals surface area (Å²) in [4.78, 5) is 32.1. The summed E-state index contributed by atoms with van der Waals surface area (Å²) in [7, 11) is 1.57. The molecule has 0 saturated heterocycles. The molecule has 0 spiro atoms. The number of rotatable bonds is 8. The summed E-state index contributed by atoms with van der Waals surface area (Å²) >= 11 is 1.28. The molecule has 1 atom stereocenters. The maximum atomic E-state index is 13.9. The van der Waals surface area contributed by atoms with Gasteiger partial charge in [-0.2, -0.15) is 0 Å². The lowest BCUT2D eigenvalue weighted by Gasteiger charge is -2.25. The number of hydrogen-bond acceptors (Lipinski definition) is 7. The van der Waals surface area contributed by atoms with Gasteiger partial charge in [-0.1, -0.05) is 72.0 Å². The van der Waals surface area contributed by atoms with Crippen LogP contribution in [-0.2, 0) is 16.1 Å². The highest BCUT2D eigenvalue weighted by molar-refractivity contribution is 7.07. The van der Waals surface area contributed by atoms with Crippen LogP contribution >= 0.6 is 11.3 Å². The Bertz CT molecular complexity index is 1720. The zero-order valence-electron chi connectivity index (χ0n) is 21.9. The van der Waals surface area contributed by atoms with Gasteiger partial charge in [-0.05, 0) is 49.2 Å². The van der Waals surface area contributed by atoms with Crippen LogP contribution in [0.15, 0.2) is 99.9 Å². The Morgan fingerprint density at radius 2 is 1.82 bits per heavy atom. The van der Waals surface area contributed by atoms with Crippen molar-refractivity contribution in [2.24, 2.45) is 4.99 Å². The highest BCUT2D eigenvalue weighted by Crippen LogP contribution is 2.35. The van der Waals surface area contributed by atoms with Gasteiger partial charge in [-0.15, -0.1) is 0 Å². The van der Waals surface area contributed by atoms with Crippen molar-refractivity contribution in [3.63, 3.8) is 0 Å². The molecular formula is C31H28N2O5S. The predicted octanol–water partition coefficient (Wildman–Crippen LogP) is 4.39. The van der Waals surface area contributed by atoms with E-state index in [-0.39, 0.29) is 12.2 Å². The van der Waals surface area contributed by atoms with E-state index in [4.69, 9.17) is 14.2 Å². The van der Waals surface area contributed by atoms with Gasteiger partial charge >= 0.3 is 5.97 Å². The fraction of sp³-hybridized carbons (Fsp3) is 0.194. The second kappa shape index (κ2) is 11.5. The van der Waals surface area contributed by atoms with E-state index in [1.807, 2.05) is 84.9 Å². The minimum absolute atomic E-state index is 0.210. The maximum Gasteiger partial charge on any atom is 0.338 e. The summed E-state index contributed by atoms with van der Waals surface area (Å²) in [5, 5.41) is 0. The van der Waals surface area contributed by atoms with Gasteiger partial charge in [-0.25, -0.2) is 9.79 Å². The molecule has 4 aromatic rings. The van der Waals surface area contributed by atoms with Gasteiger partial charge in [0.2, 0.25) is 0 Å². The molecule has 39 heavy (non-hydrogen) atoms. The summed E-state index contributed by atoms with van der Waals surface area (Å²) in [6, 6.07) is 24.2. The number of ether oxygens (including phenoxy) is 3. The number of methoxy groups -OCH3 is 1. The van der Waals surface area contributed by atoms with Gasteiger partial charge in [-0.3, -0.25) is 9.36 Å². The van der Waals surface area contributed by atoms with Crippen LogP contribution in [0, 0.1) is 0 Å². The molecule has 3 aromatic carbocycles. The van der Waals surface area contributed by atoms with Crippen LogP contribution in [0.1, 0.15) is 36.6 Å². The molecular weight excluding hydrogens is 512 g/mol. The average molecular weight is 541 g/mol. The molecule has 7 nitrogen and oxygen atoms in total. The summed E-state index contributed by atoms with van der Waals surface area (Å²) < 4.78 is 19.0. The molecule has 198 valence electrons. The van der Waals surface area contributed by atoms with Crippen LogP contribution in [0.5, 0.6) is 11.5 Å². The molecule has 0 N–H and O–H groups in total. The molecule has 5 rings (SSSR count). The van der Waals surface area contributed by atoms with Crippen molar-refractivity contribution < 1.29 is 19.0 Å². The topological polar surface area (TPSA) is 79.1 Å². The zero-order chi connectivity index (χ0) is 27.4. The molecule has 0 aliphatic carbocycles. The van der Waals surface area contributed by atoms with Crippen LogP contribution in [0.4, 0.5) is 0 Å². The lowest BCUT2D eigenvalue weighted by Crippen LogP contribution is -2.40. The molecule has 0 radical (unpaired) electrons. The van der Waals surface area contributed by atoms with Crippen LogP contribution < -0.4 is 24.4 Å². The smallest absolute Gasteiger partial charge is 0.338 e. The van der Waals surface area contributed by atoms with E-state index in [0.29, 0.717) is 44.3 Å². The first kappa shape index (κ1) is 26.2. The molecule has 8 heteroatoms. The Morgan fingerprint density at radius 3 is 2.59 bits per heavy atom. The largest absolute Gasteiger partial charge is 0.496 e. The van der Waals surface area contributed by atoms with Gasteiger partial charge in [0.25, 0.3) is 5.56 Å². The SMILES string of the molecule is CCOC(=O)C1=C(C)N=c2s/c(=C/c3cccc(OCc4ccccc4)c3)c(=O)n2[C@H]1c1ccccc1OC. The number of fused-ring (bicyclic) bond motifs is 1. The number of para-hydroxylation sites is 1. The van der Waals surface area contributed by atoms with E-state index in [9.17, 15) is 9.59 Å². The minimum Gasteiger partial charge on any atom is -0.496 e. The highest BCUT2D eigenvalue weighted by atomic mass is 32.1. The third-order valence-corrected chi connectivity index (χ3v) is 7.34. The van der Waals surface area contributed by atoms with E-state index in [1.54, 1.807) is 25.5 Å². The normalized spacial score (nSPS) is 14.9. The van der Waals surface area contributed by atoms with E-state index in [0.717, 1.165) is 11.1 Å². The van der Waals surface area contributed by atoms with Crippen LogP contribution in [0.3, 0.4) is 0 Å². The van der Waals surface area contributed by atoms with Gasteiger partial charge in [0.15, 0.2) is 4.80 Å². The Balaban J connectivity index is 1.58. The van der Waals surface area contributed by atoms with Gasteiger partial charge in [0, 0.05) is 5.56 Å². The number of benzene rings is 3. The second-order valence-corrected chi connectivity index (χ2v) is 9.90. The zero-order valence-corrected chi connectivity index (χ0v) is 22.7. The van der Waals surface area contributed by atoms with Crippen molar-refractivity contribution in [3.8, 4) is 11.5 Å². The quantitative estimate of drug-likeness (QED) is 0.310. The second-order valence-electron chi connectivity index (χ2n) is 8.89. The van der Waals surface area contributed by atoms with Crippen molar-refractivity contribution in [2.45, 2.75) is 26.5 Å². The maximum absolute atomic E-state index is 13.9. The van der Waals surface area contributed by atoms with Crippen molar-refractivity contribution in [1.29, 1.82) is 0 Å². The fourth-order valence-corrected chi connectivity index (χ4v) is 5.61. The third kappa shape index (κ3) is 5.42. The number of aromatic nitrogens is 1. The number of thiazole rings is 1. The molecule has 0 amide bonds. The number of nitrogens with zero attached hydrogens (tertiary/aromatic N) is 2. The third-order valence-electron chi connectivity index (χ3n) is 6.35. The lowest BCUT2D eigenvalue weighted by atomic mass is 9.95. The Hall–Kier alpha value is -4.43. The van der Waals surface area contributed by atoms with E-state index in [2.05, 4.69) is 4.99 Å². The predicted molar refractivity (Wildman–Crippen MR) is 151 cm³/mol. The number of allylic oxidation sites excluding steroid dienone is 1.